The van der Waals surface area contributed by atoms with Gasteiger partial charge in [0, 0.05) is 30.9 Å². The summed E-state index contributed by atoms with van der Waals surface area (Å²) in [7, 11) is 0. The largest absolute Gasteiger partial charge is 0.325 e. The van der Waals surface area contributed by atoms with Crippen molar-refractivity contribution >= 4 is 11.6 Å². The molecule has 0 radical (unpaired) electrons. The van der Waals surface area contributed by atoms with Crippen molar-refractivity contribution in [3.63, 3.8) is 0 Å². The number of benzene rings is 1. The Morgan fingerprint density at radius 2 is 1.79 bits per heavy atom. The molecule has 1 aliphatic carbocycles. The summed E-state index contributed by atoms with van der Waals surface area (Å²) in [6.45, 7) is 6.08. The van der Waals surface area contributed by atoms with E-state index >= 15 is 0 Å². The summed E-state index contributed by atoms with van der Waals surface area (Å²) in [6, 6.07) is 9.30. The summed E-state index contributed by atoms with van der Waals surface area (Å²) >= 11 is 0. The maximum Gasteiger partial charge on any atom is 0.241 e. The lowest BCUT2D eigenvalue weighted by atomic mass is 10.0. The second-order valence-electron chi connectivity index (χ2n) is 7.49. The van der Waals surface area contributed by atoms with E-state index in [1.807, 2.05) is 38.1 Å². The molecular weight excluding hydrogens is 298 g/mol. The molecule has 4 heteroatoms. The predicted molar refractivity (Wildman–Crippen MR) is 99.3 cm³/mol. The SMILES string of the molecule is Cc1cccc(NC(=O)[C@H](C)N2CCC(NC3CCCC3)CC2)c1. The molecule has 132 valence electrons. The minimum Gasteiger partial charge on any atom is -0.325 e. The predicted octanol–water partition coefficient (Wildman–Crippen LogP) is 3.32. The number of amides is 1. The number of anilines is 1. The van der Waals surface area contributed by atoms with Gasteiger partial charge in [-0.1, -0.05) is 25.0 Å². The molecule has 2 fully saturated rings. The number of nitrogens with zero attached hydrogens (tertiary/aromatic N) is 1. The highest BCUT2D eigenvalue weighted by Crippen LogP contribution is 2.21. The topological polar surface area (TPSA) is 44.4 Å². The fraction of sp³-hybridized carbons (Fsp3) is 0.650. The van der Waals surface area contributed by atoms with E-state index in [-0.39, 0.29) is 11.9 Å². The van der Waals surface area contributed by atoms with Gasteiger partial charge in [0.15, 0.2) is 0 Å². The van der Waals surface area contributed by atoms with Crippen molar-refractivity contribution in [3.8, 4) is 0 Å². The van der Waals surface area contributed by atoms with Crippen molar-refractivity contribution in [2.45, 2.75) is 70.5 Å². The third kappa shape index (κ3) is 4.58. The van der Waals surface area contributed by atoms with Gasteiger partial charge in [0.1, 0.15) is 0 Å². The number of carbonyl (C=O) groups excluding carboxylic acids is 1. The third-order valence-electron chi connectivity index (χ3n) is 5.57. The number of likely N-dealkylation sites (tertiary alicyclic amines) is 1. The van der Waals surface area contributed by atoms with E-state index in [1.54, 1.807) is 0 Å². The molecule has 2 N–H and O–H groups in total. The number of piperidine rings is 1. The van der Waals surface area contributed by atoms with Crippen LogP contribution in [0.5, 0.6) is 0 Å². The van der Waals surface area contributed by atoms with E-state index in [0.717, 1.165) is 37.7 Å². The van der Waals surface area contributed by atoms with Gasteiger partial charge in [-0.25, -0.2) is 0 Å². The number of hydrogen-bond donors (Lipinski definition) is 2. The Bertz CT molecular complexity index is 546. The molecule has 0 unspecified atom stereocenters. The van der Waals surface area contributed by atoms with E-state index < -0.39 is 0 Å². The minimum absolute atomic E-state index is 0.0713. The van der Waals surface area contributed by atoms with Gasteiger partial charge < -0.3 is 10.6 Å². The first-order valence-corrected chi connectivity index (χ1v) is 9.49. The summed E-state index contributed by atoms with van der Waals surface area (Å²) < 4.78 is 0. The molecule has 1 amide bonds. The Morgan fingerprint density at radius 3 is 2.46 bits per heavy atom. The van der Waals surface area contributed by atoms with Crippen LogP contribution in [0, 0.1) is 6.92 Å². The molecule has 2 aliphatic rings. The fourth-order valence-electron chi connectivity index (χ4n) is 4.01. The first kappa shape index (κ1) is 17.4. The van der Waals surface area contributed by atoms with E-state index in [0.29, 0.717) is 6.04 Å². The molecule has 0 spiro atoms. The average Bonchev–Trinajstić information content (AvgIpc) is 3.08. The van der Waals surface area contributed by atoms with Crippen LogP contribution in [0.15, 0.2) is 24.3 Å². The first-order valence-electron chi connectivity index (χ1n) is 9.49. The number of aryl methyl sites for hydroxylation is 1. The molecule has 4 nitrogen and oxygen atoms in total. The second kappa shape index (κ2) is 8.13. The molecule has 1 saturated carbocycles. The molecule has 24 heavy (non-hydrogen) atoms. The molecule has 3 rings (SSSR count). The van der Waals surface area contributed by atoms with Crippen molar-refractivity contribution in [1.29, 1.82) is 0 Å². The van der Waals surface area contributed by atoms with Crippen LogP contribution in [0.1, 0.15) is 51.0 Å². The highest BCUT2D eigenvalue weighted by molar-refractivity contribution is 5.94. The summed E-state index contributed by atoms with van der Waals surface area (Å²) in [5.41, 5.74) is 2.06. The second-order valence-corrected chi connectivity index (χ2v) is 7.49. The molecule has 1 aliphatic heterocycles. The molecule has 1 aromatic carbocycles. The van der Waals surface area contributed by atoms with Crippen LogP contribution in [0.25, 0.3) is 0 Å². The Labute approximate surface area is 146 Å². The number of rotatable bonds is 5. The standard InChI is InChI=1S/C20H31N3O/c1-15-6-5-9-19(14-15)22-20(24)16(2)23-12-10-18(11-13-23)21-17-7-3-4-8-17/h5-6,9,14,16-18,21H,3-4,7-8,10-13H2,1-2H3,(H,22,24)/t16-/m0/s1. The molecule has 1 saturated heterocycles. The van der Waals surface area contributed by atoms with Crippen LogP contribution in [0.2, 0.25) is 0 Å². The van der Waals surface area contributed by atoms with Crippen LogP contribution in [0.4, 0.5) is 5.69 Å². The van der Waals surface area contributed by atoms with E-state index in [1.165, 1.54) is 31.2 Å². The Hall–Kier alpha value is -1.39. The molecule has 0 bridgehead atoms. The van der Waals surface area contributed by atoms with Crippen LogP contribution in [-0.4, -0.2) is 42.0 Å². The number of hydrogen-bond acceptors (Lipinski definition) is 3. The summed E-state index contributed by atoms with van der Waals surface area (Å²) in [5, 5.41) is 6.88. The molecule has 1 aromatic rings. The summed E-state index contributed by atoms with van der Waals surface area (Å²) in [6.07, 6.45) is 7.75. The van der Waals surface area contributed by atoms with Gasteiger partial charge in [-0.15, -0.1) is 0 Å². The van der Waals surface area contributed by atoms with Crippen LogP contribution in [-0.2, 0) is 4.79 Å². The monoisotopic (exact) mass is 329 g/mol. The van der Waals surface area contributed by atoms with Gasteiger partial charge in [-0.05, 0) is 57.2 Å². The fourth-order valence-corrected chi connectivity index (χ4v) is 4.01. The van der Waals surface area contributed by atoms with Crippen LogP contribution in [0.3, 0.4) is 0 Å². The van der Waals surface area contributed by atoms with Crippen molar-refractivity contribution in [1.82, 2.24) is 10.2 Å². The highest BCUT2D eigenvalue weighted by Gasteiger charge is 2.28. The average molecular weight is 329 g/mol. The van der Waals surface area contributed by atoms with E-state index in [4.69, 9.17) is 0 Å². The number of carbonyl (C=O) groups is 1. The maximum absolute atomic E-state index is 12.5. The quantitative estimate of drug-likeness (QED) is 0.871. The van der Waals surface area contributed by atoms with Crippen molar-refractivity contribution in [3.05, 3.63) is 29.8 Å². The van der Waals surface area contributed by atoms with Crippen molar-refractivity contribution in [2.24, 2.45) is 0 Å². The highest BCUT2D eigenvalue weighted by atomic mass is 16.2. The third-order valence-corrected chi connectivity index (χ3v) is 5.57. The van der Waals surface area contributed by atoms with Gasteiger partial charge in [0.05, 0.1) is 6.04 Å². The maximum atomic E-state index is 12.5. The summed E-state index contributed by atoms with van der Waals surface area (Å²) in [5.74, 6) is 0.0998. The molecular formula is C20H31N3O. The van der Waals surface area contributed by atoms with Gasteiger partial charge in [0.2, 0.25) is 5.91 Å². The van der Waals surface area contributed by atoms with E-state index in [9.17, 15) is 4.79 Å². The lowest BCUT2D eigenvalue weighted by Crippen LogP contribution is -2.50. The van der Waals surface area contributed by atoms with Crippen molar-refractivity contribution in [2.75, 3.05) is 18.4 Å². The summed E-state index contributed by atoms with van der Waals surface area (Å²) in [4.78, 5) is 14.8. The molecule has 1 heterocycles. The zero-order chi connectivity index (χ0) is 16.9. The van der Waals surface area contributed by atoms with Crippen LogP contribution >= 0.6 is 0 Å². The lowest BCUT2D eigenvalue weighted by Gasteiger charge is -2.36. The lowest BCUT2D eigenvalue weighted by molar-refractivity contribution is -0.121. The van der Waals surface area contributed by atoms with Gasteiger partial charge in [0.25, 0.3) is 0 Å². The minimum atomic E-state index is -0.0713. The van der Waals surface area contributed by atoms with Gasteiger partial charge >= 0.3 is 0 Å². The van der Waals surface area contributed by atoms with E-state index in [2.05, 4.69) is 15.5 Å². The molecule has 1 atom stereocenters. The zero-order valence-corrected chi connectivity index (χ0v) is 15.1. The van der Waals surface area contributed by atoms with Crippen LogP contribution < -0.4 is 10.6 Å². The zero-order valence-electron chi connectivity index (χ0n) is 15.1. The number of nitrogens with one attached hydrogen (secondary N) is 2. The Kier molecular flexibility index (Phi) is 5.90. The van der Waals surface area contributed by atoms with Gasteiger partial charge in [-0.2, -0.15) is 0 Å². The smallest absolute Gasteiger partial charge is 0.241 e. The molecule has 0 aromatic heterocycles. The van der Waals surface area contributed by atoms with Crippen molar-refractivity contribution < 1.29 is 4.79 Å². The Morgan fingerprint density at radius 1 is 1.12 bits per heavy atom. The van der Waals surface area contributed by atoms with Gasteiger partial charge in [-0.3, -0.25) is 9.69 Å². The Balaban J connectivity index is 1.45. The first-order chi connectivity index (χ1) is 11.6. The normalized spacial score (nSPS) is 21.8.